The first-order valence-electron chi connectivity index (χ1n) is 9.12. The molecule has 152 valence electrons. The SMILES string of the molecule is CCN(CC)S(=O)(=O)c1cc(C(=O)Nc2ccccc2-c2cccs2)ccc1Cl. The summed E-state index contributed by atoms with van der Waals surface area (Å²) in [7, 11) is -3.78. The summed E-state index contributed by atoms with van der Waals surface area (Å²) in [6, 6.07) is 15.7. The number of sulfonamides is 1. The molecule has 2 aromatic carbocycles. The average molecular weight is 449 g/mol. The van der Waals surface area contributed by atoms with Crippen LogP contribution >= 0.6 is 22.9 Å². The molecule has 0 atom stereocenters. The molecule has 1 heterocycles. The minimum Gasteiger partial charge on any atom is -0.321 e. The molecule has 0 saturated carbocycles. The van der Waals surface area contributed by atoms with Gasteiger partial charge >= 0.3 is 0 Å². The van der Waals surface area contributed by atoms with Gasteiger partial charge in [-0.25, -0.2) is 8.42 Å². The minimum atomic E-state index is -3.78. The zero-order valence-corrected chi connectivity index (χ0v) is 18.4. The lowest BCUT2D eigenvalue weighted by Crippen LogP contribution is -2.31. The zero-order valence-electron chi connectivity index (χ0n) is 16.1. The summed E-state index contributed by atoms with van der Waals surface area (Å²) in [5, 5.41) is 4.95. The van der Waals surface area contributed by atoms with Gasteiger partial charge in [0.05, 0.1) is 5.02 Å². The van der Waals surface area contributed by atoms with Crippen molar-refractivity contribution in [2.24, 2.45) is 0 Å². The number of benzene rings is 2. The Balaban J connectivity index is 1.94. The van der Waals surface area contributed by atoms with Crippen LogP contribution < -0.4 is 5.32 Å². The smallest absolute Gasteiger partial charge is 0.255 e. The fourth-order valence-corrected chi connectivity index (χ4v) is 5.70. The normalized spacial score (nSPS) is 11.6. The summed E-state index contributed by atoms with van der Waals surface area (Å²) in [6.07, 6.45) is 0. The molecule has 0 aliphatic heterocycles. The van der Waals surface area contributed by atoms with Crippen LogP contribution in [-0.4, -0.2) is 31.7 Å². The lowest BCUT2D eigenvalue weighted by atomic mass is 10.1. The lowest BCUT2D eigenvalue weighted by molar-refractivity contribution is 0.102. The Morgan fingerprint density at radius 1 is 1.07 bits per heavy atom. The molecule has 3 rings (SSSR count). The molecule has 0 saturated heterocycles. The molecule has 0 radical (unpaired) electrons. The molecule has 0 fully saturated rings. The van der Waals surface area contributed by atoms with Crippen molar-refractivity contribution in [3.8, 4) is 10.4 Å². The molecule has 0 unspecified atom stereocenters. The van der Waals surface area contributed by atoms with E-state index in [1.54, 1.807) is 25.2 Å². The number of nitrogens with zero attached hydrogens (tertiary/aromatic N) is 1. The Kier molecular flexibility index (Phi) is 6.74. The number of para-hydroxylation sites is 1. The van der Waals surface area contributed by atoms with Gasteiger partial charge in [-0.05, 0) is 35.7 Å². The van der Waals surface area contributed by atoms with Crippen molar-refractivity contribution in [1.82, 2.24) is 4.31 Å². The first-order chi connectivity index (χ1) is 13.9. The maximum atomic E-state index is 12.9. The summed E-state index contributed by atoms with van der Waals surface area (Å²) < 4.78 is 27.0. The molecule has 0 aliphatic rings. The summed E-state index contributed by atoms with van der Waals surface area (Å²) in [5.41, 5.74) is 1.78. The molecule has 0 aliphatic carbocycles. The maximum absolute atomic E-state index is 12.9. The van der Waals surface area contributed by atoms with E-state index in [1.165, 1.54) is 22.5 Å². The number of carbonyl (C=O) groups is 1. The van der Waals surface area contributed by atoms with Crippen LogP contribution in [0.25, 0.3) is 10.4 Å². The number of hydrogen-bond donors (Lipinski definition) is 1. The zero-order chi connectivity index (χ0) is 21.0. The fourth-order valence-electron chi connectivity index (χ4n) is 2.98. The number of halogens is 1. The van der Waals surface area contributed by atoms with Gasteiger partial charge in [0, 0.05) is 34.8 Å². The van der Waals surface area contributed by atoms with Gasteiger partial charge in [-0.2, -0.15) is 4.31 Å². The third-order valence-electron chi connectivity index (χ3n) is 4.48. The average Bonchev–Trinajstić information content (AvgIpc) is 3.24. The summed E-state index contributed by atoms with van der Waals surface area (Å²) in [6.45, 7) is 4.15. The standard InChI is InChI=1S/C21H21ClN2O3S2/c1-3-24(4-2)29(26,27)20-14-15(11-12-17(20)22)21(25)23-18-9-6-5-8-16(18)19-10-7-13-28-19/h5-14H,3-4H2,1-2H3,(H,23,25). The highest BCUT2D eigenvalue weighted by molar-refractivity contribution is 7.89. The minimum absolute atomic E-state index is 0.0675. The molecule has 1 amide bonds. The quantitative estimate of drug-likeness (QED) is 0.529. The van der Waals surface area contributed by atoms with E-state index < -0.39 is 15.9 Å². The summed E-state index contributed by atoms with van der Waals surface area (Å²) in [5.74, 6) is -0.401. The van der Waals surface area contributed by atoms with E-state index in [9.17, 15) is 13.2 Å². The van der Waals surface area contributed by atoms with E-state index in [4.69, 9.17) is 11.6 Å². The molecular formula is C21H21ClN2O3S2. The van der Waals surface area contributed by atoms with E-state index in [0.29, 0.717) is 18.8 Å². The van der Waals surface area contributed by atoms with E-state index in [0.717, 1.165) is 10.4 Å². The van der Waals surface area contributed by atoms with Gasteiger partial charge in [-0.15, -0.1) is 11.3 Å². The molecule has 1 aromatic heterocycles. The monoisotopic (exact) mass is 448 g/mol. The van der Waals surface area contributed by atoms with Crippen LogP contribution in [0.2, 0.25) is 5.02 Å². The van der Waals surface area contributed by atoms with Crippen molar-refractivity contribution in [3.63, 3.8) is 0 Å². The largest absolute Gasteiger partial charge is 0.321 e. The topological polar surface area (TPSA) is 66.5 Å². The third-order valence-corrected chi connectivity index (χ3v) is 7.91. The van der Waals surface area contributed by atoms with Crippen LogP contribution in [0.5, 0.6) is 0 Å². The maximum Gasteiger partial charge on any atom is 0.255 e. The van der Waals surface area contributed by atoms with E-state index in [-0.39, 0.29) is 15.5 Å². The Morgan fingerprint density at radius 2 is 1.79 bits per heavy atom. The van der Waals surface area contributed by atoms with Crippen molar-refractivity contribution in [3.05, 3.63) is 70.6 Å². The first kappa shape index (κ1) is 21.5. The molecule has 0 bridgehead atoms. The van der Waals surface area contributed by atoms with Gasteiger partial charge in [0.2, 0.25) is 10.0 Å². The highest BCUT2D eigenvalue weighted by Gasteiger charge is 2.25. The van der Waals surface area contributed by atoms with Crippen molar-refractivity contribution >= 4 is 44.6 Å². The molecule has 8 heteroatoms. The number of hydrogen-bond acceptors (Lipinski definition) is 4. The molecular weight excluding hydrogens is 428 g/mol. The predicted octanol–water partition coefficient (Wildman–Crippen LogP) is 5.35. The Morgan fingerprint density at radius 3 is 2.45 bits per heavy atom. The van der Waals surface area contributed by atoms with Crippen molar-refractivity contribution in [2.45, 2.75) is 18.7 Å². The van der Waals surface area contributed by atoms with Crippen LogP contribution in [-0.2, 0) is 10.0 Å². The fraction of sp³-hybridized carbons (Fsp3) is 0.190. The molecule has 5 nitrogen and oxygen atoms in total. The van der Waals surface area contributed by atoms with Crippen LogP contribution in [0.15, 0.2) is 64.9 Å². The van der Waals surface area contributed by atoms with Crippen LogP contribution in [0, 0.1) is 0 Å². The molecule has 3 aromatic rings. The Hall–Kier alpha value is -2.19. The van der Waals surface area contributed by atoms with Crippen molar-refractivity contribution < 1.29 is 13.2 Å². The van der Waals surface area contributed by atoms with Crippen LogP contribution in [0.1, 0.15) is 24.2 Å². The first-order valence-corrected chi connectivity index (χ1v) is 11.8. The Labute approximate surface area is 180 Å². The van der Waals surface area contributed by atoms with E-state index >= 15 is 0 Å². The summed E-state index contributed by atoms with van der Waals surface area (Å²) >= 11 is 7.74. The molecule has 0 spiro atoms. The van der Waals surface area contributed by atoms with Crippen LogP contribution in [0.4, 0.5) is 5.69 Å². The molecule has 1 N–H and O–H groups in total. The molecule has 29 heavy (non-hydrogen) atoms. The lowest BCUT2D eigenvalue weighted by Gasteiger charge is -2.19. The van der Waals surface area contributed by atoms with Gasteiger partial charge in [0.25, 0.3) is 5.91 Å². The second-order valence-corrected chi connectivity index (χ2v) is 9.47. The van der Waals surface area contributed by atoms with E-state index in [1.807, 2.05) is 41.8 Å². The van der Waals surface area contributed by atoms with Crippen molar-refractivity contribution in [1.29, 1.82) is 0 Å². The predicted molar refractivity (Wildman–Crippen MR) is 119 cm³/mol. The Bertz CT molecular complexity index is 1110. The van der Waals surface area contributed by atoms with Gasteiger partial charge in [-0.1, -0.05) is 49.7 Å². The van der Waals surface area contributed by atoms with E-state index in [2.05, 4.69) is 5.32 Å². The third kappa shape index (κ3) is 4.53. The highest BCUT2D eigenvalue weighted by Crippen LogP contribution is 2.32. The van der Waals surface area contributed by atoms with Crippen molar-refractivity contribution in [2.75, 3.05) is 18.4 Å². The number of carbonyl (C=O) groups excluding carboxylic acids is 1. The van der Waals surface area contributed by atoms with Gasteiger partial charge in [-0.3, -0.25) is 4.79 Å². The highest BCUT2D eigenvalue weighted by atomic mass is 35.5. The second-order valence-electron chi connectivity index (χ2n) is 6.21. The number of thiophene rings is 1. The van der Waals surface area contributed by atoms with Gasteiger partial charge < -0.3 is 5.32 Å². The second kappa shape index (κ2) is 9.09. The summed E-state index contributed by atoms with van der Waals surface area (Å²) in [4.78, 5) is 13.8. The number of anilines is 1. The van der Waals surface area contributed by atoms with Crippen LogP contribution in [0.3, 0.4) is 0 Å². The van der Waals surface area contributed by atoms with Gasteiger partial charge in [0.1, 0.15) is 4.90 Å². The number of amides is 1. The number of rotatable bonds is 7. The number of nitrogens with one attached hydrogen (secondary N) is 1. The van der Waals surface area contributed by atoms with Gasteiger partial charge in [0.15, 0.2) is 0 Å².